The lowest BCUT2D eigenvalue weighted by molar-refractivity contribution is 0.0324. The summed E-state index contributed by atoms with van der Waals surface area (Å²) in [7, 11) is 1.79. The fraction of sp³-hybridized carbons (Fsp3) is 0.857. The molecule has 1 rings (SSSR count). The fourth-order valence-corrected chi connectivity index (χ4v) is 2.44. The van der Waals surface area contributed by atoms with Gasteiger partial charge >= 0.3 is 0 Å². The highest BCUT2D eigenvalue weighted by molar-refractivity contribution is 4.93. The molecule has 0 aliphatic carbocycles. The molecule has 0 saturated carbocycles. The maximum atomic E-state index is 5.67. The van der Waals surface area contributed by atoms with E-state index in [2.05, 4.69) is 43.1 Å². The molecule has 110 valence electrons. The molecule has 1 aromatic heterocycles. The summed E-state index contributed by atoms with van der Waals surface area (Å²) < 4.78 is 7.63. The lowest BCUT2D eigenvalue weighted by atomic mass is 9.96. The molecular formula is C14H28N4O. The first-order chi connectivity index (χ1) is 9.13. The van der Waals surface area contributed by atoms with Crippen molar-refractivity contribution < 1.29 is 4.74 Å². The molecule has 0 bridgehead atoms. The highest BCUT2D eigenvalue weighted by Gasteiger charge is 2.25. The van der Waals surface area contributed by atoms with Gasteiger partial charge in [0.1, 0.15) is 12.2 Å². The van der Waals surface area contributed by atoms with Crippen molar-refractivity contribution >= 4 is 0 Å². The Hall–Kier alpha value is -0.940. The van der Waals surface area contributed by atoms with Gasteiger partial charge in [-0.1, -0.05) is 20.8 Å². The minimum absolute atomic E-state index is 0.188. The van der Waals surface area contributed by atoms with Crippen LogP contribution in [0.4, 0.5) is 0 Å². The van der Waals surface area contributed by atoms with Crippen LogP contribution >= 0.6 is 0 Å². The van der Waals surface area contributed by atoms with E-state index in [0.717, 1.165) is 31.8 Å². The number of hydrogen-bond donors (Lipinski definition) is 1. The van der Waals surface area contributed by atoms with Gasteiger partial charge in [0, 0.05) is 26.1 Å². The van der Waals surface area contributed by atoms with Gasteiger partial charge in [0.15, 0.2) is 0 Å². The molecule has 0 radical (unpaired) electrons. The summed E-state index contributed by atoms with van der Waals surface area (Å²) in [6.45, 7) is 10.5. The minimum Gasteiger partial charge on any atom is -0.380 e. The third-order valence-corrected chi connectivity index (χ3v) is 3.38. The molecule has 2 atom stereocenters. The zero-order valence-electron chi connectivity index (χ0n) is 12.9. The second-order valence-corrected chi connectivity index (χ2v) is 5.20. The largest absolute Gasteiger partial charge is 0.380 e. The van der Waals surface area contributed by atoms with Crippen LogP contribution in [0.25, 0.3) is 0 Å². The first kappa shape index (κ1) is 16.1. The first-order valence-corrected chi connectivity index (χ1v) is 7.26. The molecule has 0 amide bonds. The molecule has 1 N–H and O–H groups in total. The first-order valence-electron chi connectivity index (χ1n) is 7.26. The third-order valence-electron chi connectivity index (χ3n) is 3.38. The van der Waals surface area contributed by atoms with Gasteiger partial charge in [0.05, 0.1) is 6.10 Å². The molecule has 1 heterocycles. The van der Waals surface area contributed by atoms with Crippen LogP contribution in [-0.2, 0) is 17.7 Å². The Morgan fingerprint density at radius 3 is 2.63 bits per heavy atom. The van der Waals surface area contributed by atoms with Crippen LogP contribution in [0.1, 0.15) is 39.9 Å². The maximum Gasteiger partial charge on any atom is 0.138 e. The van der Waals surface area contributed by atoms with Crippen molar-refractivity contribution in [3.8, 4) is 0 Å². The molecule has 5 nitrogen and oxygen atoms in total. The number of ether oxygens (including phenoxy) is 1. The summed E-state index contributed by atoms with van der Waals surface area (Å²) in [4.78, 5) is 4.37. The Balaban J connectivity index is 2.78. The number of rotatable bonds is 9. The molecule has 0 spiro atoms. The Bertz CT molecular complexity index is 351. The topological polar surface area (TPSA) is 52.0 Å². The van der Waals surface area contributed by atoms with Crippen LogP contribution in [0.15, 0.2) is 6.33 Å². The van der Waals surface area contributed by atoms with Gasteiger partial charge in [-0.2, -0.15) is 5.10 Å². The number of nitrogens with zero attached hydrogens (tertiary/aromatic N) is 3. The van der Waals surface area contributed by atoms with E-state index in [1.165, 1.54) is 0 Å². The quantitative estimate of drug-likeness (QED) is 0.743. The predicted molar refractivity (Wildman–Crippen MR) is 77.1 cm³/mol. The van der Waals surface area contributed by atoms with Crippen LogP contribution in [0.5, 0.6) is 0 Å². The molecule has 0 aromatic carbocycles. The number of aryl methyl sites for hydroxylation is 1. The third kappa shape index (κ3) is 4.58. The summed E-state index contributed by atoms with van der Waals surface area (Å²) in [6.07, 6.45) is 3.79. The second kappa shape index (κ2) is 8.27. The Morgan fingerprint density at radius 1 is 1.37 bits per heavy atom. The Kier molecular flexibility index (Phi) is 7.02. The van der Waals surface area contributed by atoms with Crippen LogP contribution < -0.4 is 5.32 Å². The molecule has 0 aliphatic heterocycles. The maximum absolute atomic E-state index is 5.67. The number of methoxy groups -OCH3 is 1. The second-order valence-electron chi connectivity index (χ2n) is 5.20. The molecule has 5 heteroatoms. The van der Waals surface area contributed by atoms with Gasteiger partial charge in [0.2, 0.25) is 0 Å². The van der Waals surface area contributed by atoms with Gasteiger partial charge < -0.3 is 10.1 Å². The van der Waals surface area contributed by atoms with Crippen molar-refractivity contribution in [1.29, 1.82) is 0 Å². The molecule has 2 unspecified atom stereocenters. The van der Waals surface area contributed by atoms with Gasteiger partial charge in [-0.3, -0.25) is 4.68 Å². The van der Waals surface area contributed by atoms with Crippen LogP contribution in [0.2, 0.25) is 0 Å². The van der Waals surface area contributed by atoms with Crippen molar-refractivity contribution in [2.45, 2.75) is 59.2 Å². The predicted octanol–water partition coefficient (Wildman–Crippen LogP) is 1.88. The van der Waals surface area contributed by atoms with Gasteiger partial charge in [-0.25, -0.2) is 4.98 Å². The van der Waals surface area contributed by atoms with Crippen molar-refractivity contribution in [3.05, 3.63) is 12.2 Å². The van der Waals surface area contributed by atoms with E-state index < -0.39 is 0 Å². The summed E-state index contributed by atoms with van der Waals surface area (Å²) in [5.74, 6) is 1.50. The highest BCUT2D eigenvalue weighted by atomic mass is 16.5. The summed E-state index contributed by atoms with van der Waals surface area (Å²) >= 11 is 0. The summed E-state index contributed by atoms with van der Waals surface area (Å²) in [5.41, 5.74) is 0. The molecule has 1 aromatic rings. The van der Waals surface area contributed by atoms with Crippen molar-refractivity contribution in [2.24, 2.45) is 5.92 Å². The van der Waals surface area contributed by atoms with Crippen LogP contribution in [0.3, 0.4) is 0 Å². The summed E-state index contributed by atoms with van der Waals surface area (Å²) in [6, 6.07) is 0.277. The van der Waals surface area contributed by atoms with E-state index in [9.17, 15) is 0 Å². The van der Waals surface area contributed by atoms with Gasteiger partial charge in [0.25, 0.3) is 0 Å². The standard InChI is InChI=1S/C14H28N4O/c1-6-8-15-12(14(19-5)11(3)4)9-13-16-10-17-18(13)7-2/h10-12,14-15H,6-9H2,1-5H3. The minimum atomic E-state index is 0.188. The van der Waals surface area contributed by atoms with Crippen molar-refractivity contribution in [3.63, 3.8) is 0 Å². The van der Waals surface area contributed by atoms with Crippen LogP contribution in [-0.4, -0.2) is 40.6 Å². The zero-order valence-corrected chi connectivity index (χ0v) is 12.9. The van der Waals surface area contributed by atoms with E-state index in [-0.39, 0.29) is 12.1 Å². The molecule has 0 saturated heterocycles. The SMILES string of the molecule is CCCNC(Cc1ncnn1CC)C(OC)C(C)C. The average Bonchev–Trinajstić information content (AvgIpc) is 2.83. The number of nitrogens with one attached hydrogen (secondary N) is 1. The molecule has 0 aliphatic rings. The average molecular weight is 268 g/mol. The molecular weight excluding hydrogens is 240 g/mol. The molecule has 19 heavy (non-hydrogen) atoms. The van der Waals surface area contributed by atoms with E-state index in [0.29, 0.717) is 5.92 Å². The van der Waals surface area contributed by atoms with Gasteiger partial charge in [-0.05, 0) is 25.8 Å². The highest BCUT2D eigenvalue weighted by Crippen LogP contribution is 2.14. The smallest absolute Gasteiger partial charge is 0.138 e. The number of aromatic nitrogens is 3. The normalized spacial score (nSPS) is 14.8. The fourth-order valence-electron chi connectivity index (χ4n) is 2.44. The molecule has 0 fully saturated rings. The lowest BCUT2D eigenvalue weighted by Crippen LogP contribution is -2.46. The van der Waals surface area contributed by atoms with Crippen molar-refractivity contribution in [1.82, 2.24) is 20.1 Å². The van der Waals surface area contributed by atoms with Gasteiger partial charge in [-0.15, -0.1) is 0 Å². The Labute approximate surface area is 116 Å². The van der Waals surface area contributed by atoms with Crippen LogP contribution in [0, 0.1) is 5.92 Å². The van der Waals surface area contributed by atoms with E-state index >= 15 is 0 Å². The monoisotopic (exact) mass is 268 g/mol. The van der Waals surface area contributed by atoms with E-state index in [4.69, 9.17) is 4.74 Å². The zero-order chi connectivity index (χ0) is 14.3. The van der Waals surface area contributed by atoms with E-state index in [1.807, 2.05) is 4.68 Å². The lowest BCUT2D eigenvalue weighted by Gasteiger charge is -2.29. The summed E-state index contributed by atoms with van der Waals surface area (Å²) in [5, 5.41) is 7.82. The van der Waals surface area contributed by atoms with E-state index in [1.54, 1.807) is 13.4 Å². The number of hydrogen-bond acceptors (Lipinski definition) is 4. The van der Waals surface area contributed by atoms with Crippen molar-refractivity contribution in [2.75, 3.05) is 13.7 Å². The Morgan fingerprint density at radius 2 is 2.11 bits per heavy atom.